The zero-order valence-corrected chi connectivity index (χ0v) is 12.8. The van der Waals surface area contributed by atoms with Gasteiger partial charge >= 0.3 is 0 Å². The van der Waals surface area contributed by atoms with Crippen LogP contribution in [0.1, 0.15) is 11.1 Å². The average molecular weight is 295 g/mol. The number of hydrogen-bond donors (Lipinski definition) is 0. The maximum atomic E-state index is 8.78. The van der Waals surface area contributed by atoms with Crippen LogP contribution < -0.4 is 9.47 Å². The summed E-state index contributed by atoms with van der Waals surface area (Å²) in [5, 5.41) is 3.92. The minimum absolute atomic E-state index is 0.119. The lowest BCUT2D eigenvalue weighted by Crippen LogP contribution is -2.17. The molecule has 0 aliphatic rings. The highest BCUT2D eigenvalue weighted by Crippen LogP contribution is 2.16. The molecule has 0 saturated heterocycles. The zero-order valence-electron chi connectivity index (χ0n) is 12.8. The molecule has 0 spiro atoms. The van der Waals surface area contributed by atoms with Crippen LogP contribution in [0.5, 0.6) is 11.5 Å². The summed E-state index contributed by atoms with van der Waals surface area (Å²) in [4.78, 5) is 2.97. The molecule has 2 rings (SSSR count). The highest BCUT2D eigenvalue weighted by molar-refractivity contribution is 6.55. The quantitative estimate of drug-likeness (QED) is 0.337. The van der Waals surface area contributed by atoms with Gasteiger partial charge in [-0.25, -0.2) is 0 Å². The van der Waals surface area contributed by atoms with Crippen molar-refractivity contribution in [1.82, 2.24) is 0 Å². The molecule has 0 aliphatic heterocycles. The maximum absolute atomic E-state index is 8.78. The fourth-order valence-corrected chi connectivity index (χ4v) is 2.29. The Balaban J connectivity index is 2.06. The minimum Gasteiger partial charge on any atom is -0.497 e. The van der Waals surface area contributed by atoms with E-state index in [1.807, 2.05) is 48.5 Å². The van der Waals surface area contributed by atoms with E-state index in [1.165, 1.54) is 0 Å². The standard InChI is InChI=1S/C16H18BN3O2/c1-21-15-7-3-13(4-8-15)11-17(19-20-18)12-14-5-9-16(22-2)10-6-14/h3-10H,11-12H2,1-2H3. The maximum Gasteiger partial charge on any atom is 0.252 e. The van der Waals surface area contributed by atoms with Crippen LogP contribution in [0.25, 0.3) is 10.4 Å². The molecular formula is C16H18BN3O2. The number of benzene rings is 2. The third-order valence-corrected chi connectivity index (χ3v) is 3.48. The van der Waals surface area contributed by atoms with Gasteiger partial charge in [0.15, 0.2) is 0 Å². The lowest BCUT2D eigenvalue weighted by molar-refractivity contribution is 0.414. The number of azide groups is 1. The van der Waals surface area contributed by atoms with Gasteiger partial charge in [0.05, 0.1) is 14.2 Å². The number of hydrogen-bond acceptors (Lipinski definition) is 3. The van der Waals surface area contributed by atoms with Gasteiger partial charge in [-0.3, -0.25) is 0 Å². The molecule has 0 bridgehead atoms. The summed E-state index contributed by atoms with van der Waals surface area (Å²) in [6, 6.07) is 15.6. The Labute approximate surface area is 130 Å². The fraction of sp³-hybridized carbons (Fsp3) is 0.250. The summed E-state index contributed by atoms with van der Waals surface area (Å²) in [5.74, 6) is 1.64. The van der Waals surface area contributed by atoms with Crippen molar-refractivity contribution < 1.29 is 9.47 Å². The molecular weight excluding hydrogens is 277 g/mol. The summed E-state index contributed by atoms with van der Waals surface area (Å²) >= 11 is 0. The van der Waals surface area contributed by atoms with Gasteiger partial charge < -0.3 is 9.47 Å². The molecule has 6 heteroatoms. The normalized spacial score (nSPS) is 9.73. The Bertz CT molecular complexity index is 588. The third kappa shape index (κ3) is 4.47. The number of rotatable bonds is 7. The van der Waals surface area contributed by atoms with E-state index in [4.69, 9.17) is 15.0 Å². The van der Waals surface area contributed by atoms with Crippen LogP contribution in [0, 0.1) is 0 Å². The Kier molecular flexibility index (Phi) is 5.75. The Morgan fingerprint density at radius 2 is 1.27 bits per heavy atom. The molecule has 112 valence electrons. The largest absolute Gasteiger partial charge is 0.497 e. The van der Waals surface area contributed by atoms with Crippen molar-refractivity contribution in [3.63, 3.8) is 0 Å². The third-order valence-electron chi connectivity index (χ3n) is 3.48. The van der Waals surface area contributed by atoms with E-state index < -0.39 is 0 Å². The fourth-order valence-electron chi connectivity index (χ4n) is 2.29. The van der Waals surface area contributed by atoms with Gasteiger partial charge in [0.25, 0.3) is 6.85 Å². The Morgan fingerprint density at radius 3 is 1.59 bits per heavy atom. The van der Waals surface area contributed by atoms with Crippen molar-refractivity contribution in [3.8, 4) is 11.5 Å². The second kappa shape index (κ2) is 8.00. The molecule has 0 aromatic heterocycles. The lowest BCUT2D eigenvalue weighted by atomic mass is 9.54. The molecule has 0 amide bonds. The van der Waals surface area contributed by atoms with Gasteiger partial charge in [-0.2, -0.15) is 0 Å². The van der Waals surface area contributed by atoms with Crippen LogP contribution in [0.4, 0.5) is 0 Å². The van der Waals surface area contributed by atoms with E-state index >= 15 is 0 Å². The molecule has 2 aromatic carbocycles. The molecule has 22 heavy (non-hydrogen) atoms. The summed E-state index contributed by atoms with van der Waals surface area (Å²) in [5.41, 5.74) is 11.0. The predicted molar refractivity (Wildman–Crippen MR) is 88.3 cm³/mol. The van der Waals surface area contributed by atoms with E-state index in [9.17, 15) is 0 Å². The van der Waals surface area contributed by atoms with E-state index in [1.54, 1.807) is 14.2 Å². The van der Waals surface area contributed by atoms with Crippen LogP contribution in [0.2, 0.25) is 0 Å². The molecule has 0 atom stereocenters. The van der Waals surface area contributed by atoms with Crippen molar-refractivity contribution in [1.29, 1.82) is 0 Å². The number of methoxy groups -OCH3 is 2. The van der Waals surface area contributed by atoms with Crippen molar-refractivity contribution in [2.75, 3.05) is 14.2 Å². The van der Waals surface area contributed by atoms with Crippen LogP contribution in [0.3, 0.4) is 0 Å². The molecule has 0 heterocycles. The van der Waals surface area contributed by atoms with Crippen LogP contribution in [0.15, 0.2) is 53.6 Å². The first-order valence-electron chi connectivity index (χ1n) is 7.05. The molecule has 0 fully saturated rings. The van der Waals surface area contributed by atoms with E-state index in [-0.39, 0.29) is 6.85 Å². The molecule has 2 aromatic rings. The first kappa shape index (κ1) is 15.8. The summed E-state index contributed by atoms with van der Waals surface area (Å²) in [6.07, 6.45) is 1.39. The highest BCUT2D eigenvalue weighted by Gasteiger charge is 2.14. The van der Waals surface area contributed by atoms with Crippen molar-refractivity contribution in [3.05, 3.63) is 70.1 Å². The van der Waals surface area contributed by atoms with Crippen molar-refractivity contribution >= 4 is 6.85 Å². The average Bonchev–Trinajstić information content (AvgIpc) is 2.56. The SMILES string of the molecule is COc1ccc(CB(Cc2ccc(OC)cc2)N=[N+]=[N-])cc1. The summed E-state index contributed by atoms with van der Waals surface area (Å²) in [7, 11) is 3.28. The van der Waals surface area contributed by atoms with Crippen molar-refractivity contribution in [2.24, 2.45) is 5.03 Å². The smallest absolute Gasteiger partial charge is 0.252 e. The second-order valence-corrected chi connectivity index (χ2v) is 4.96. The minimum atomic E-state index is -0.119. The van der Waals surface area contributed by atoms with Crippen LogP contribution >= 0.6 is 0 Å². The second-order valence-electron chi connectivity index (χ2n) is 4.96. The molecule has 0 N–H and O–H groups in total. The summed E-state index contributed by atoms with van der Waals surface area (Å²) in [6.45, 7) is -0.119. The number of ether oxygens (including phenoxy) is 2. The van der Waals surface area contributed by atoms with Gasteiger partial charge in [0.2, 0.25) is 0 Å². The van der Waals surface area contributed by atoms with E-state index in [0.717, 1.165) is 22.6 Å². The first-order valence-corrected chi connectivity index (χ1v) is 7.05. The molecule has 0 radical (unpaired) electrons. The van der Waals surface area contributed by atoms with Gasteiger partial charge in [-0.05, 0) is 47.3 Å². The van der Waals surface area contributed by atoms with Crippen LogP contribution in [-0.2, 0) is 12.6 Å². The number of nitrogens with zero attached hydrogens (tertiary/aromatic N) is 3. The van der Waals surface area contributed by atoms with Gasteiger partial charge in [-0.15, -0.1) is 5.03 Å². The van der Waals surface area contributed by atoms with Crippen molar-refractivity contribution in [2.45, 2.75) is 12.6 Å². The summed E-state index contributed by atoms with van der Waals surface area (Å²) < 4.78 is 10.3. The monoisotopic (exact) mass is 295 g/mol. The highest BCUT2D eigenvalue weighted by atomic mass is 16.5. The molecule has 0 aliphatic carbocycles. The zero-order chi connectivity index (χ0) is 15.8. The van der Waals surface area contributed by atoms with Gasteiger partial charge in [0, 0.05) is 0 Å². The van der Waals surface area contributed by atoms with Gasteiger partial charge in [-0.1, -0.05) is 35.4 Å². The van der Waals surface area contributed by atoms with Gasteiger partial charge in [0.1, 0.15) is 11.5 Å². The lowest BCUT2D eigenvalue weighted by Gasteiger charge is -2.09. The molecule has 0 unspecified atom stereocenters. The topological polar surface area (TPSA) is 67.2 Å². The van der Waals surface area contributed by atoms with Crippen LogP contribution in [-0.4, -0.2) is 21.1 Å². The first-order chi connectivity index (χ1) is 10.7. The molecule has 5 nitrogen and oxygen atoms in total. The van der Waals surface area contributed by atoms with E-state index in [2.05, 4.69) is 9.94 Å². The van der Waals surface area contributed by atoms with E-state index in [0.29, 0.717) is 12.6 Å². The Morgan fingerprint density at radius 1 is 0.864 bits per heavy atom. The Hall–Kier alpha value is -2.59. The molecule has 0 saturated carbocycles. The predicted octanol–water partition coefficient (Wildman–Crippen LogP) is 3.87.